The molecule has 0 amide bonds. The minimum Gasteiger partial charge on any atom is -0.259 e. The molecule has 0 unspecified atom stereocenters. The molecule has 0 saturated carbocycles. The zero-order valence-electron chi connectivity index (χ0n) is 12.8. The van der Waals surface area contributed by atoms with E-state index in [1.807, 2.05) is 20.8 Å². The zero-order valence-corrected chi connectivity index (χ0v) is 12.8. The third kappa shape index (κ3) is 15.1. The normalized spacial score (nSPS) is 8.78. The lowest BCUT2D eigenvalue weighted by atomic mass is 10.1. The fraction of sp³-hybridized carbons (Fsp3) is 0.688. The molecule has 0 fully saturated rings. The number of rotatable bonds is 5. The summed E-state index contributed by atoms with van der Waals surface area (Å²) in [6, 6.07) is 3.03. The third-order valence-electron chi connectivity index (χ3n) is 2.33. The molecule has 1 rings (SSSR count). The highest BCUT2D eigenvalue weighted by atomic mass is 19.1. The molecule has 1 aromatic heterocycles. The number of hydrogen-bond acceptors (Lipinski definition) is 1. The van der Waals surface area contributed by atoms with Crippen LogP contribution in [-0.2, 0) is 0 Å². The van der Waals surface area contributed by atoms with Gasteiger partial charge >= 0.3 is 0 Å². The van der Waals surface area contributed by atoms with E-state index in [2.05, 4.69) is 18.8 Å². The molecule has 106 valence electrons. The highest BCUT2D eigenvalue weighted by Gasteiger charge is 1.85. The van der Waals surface area contributed by atoms with Crippen LogP contribution in [0.2, 0.25) is 0 Å². The average Bonchev–Trinajstić information content (AvgIpc) is 2.41. The van der Waals surface area contributed by atoms with Crippen LogP contribution in [-0.4, -0.2) is 4.98 Å². The van der Waals surface area contributed by atoms with Gasteiger partial charge in [-0.1, -0.05) is 66.2 Å². The van der Waals surface area contributed by atoms with Crippen molar-refractivity contribution >= 4 is 0 Å². The lowest BCUT2D eigenvalue weighted by Gasteiger charge is -1.93. The molecule has 18 heavy (non-hydrogen) atoms. The Morgan fingerprint density at radius 3 is 1.72 bits per heavy atom. The SMILES string of the molecule is CC.CCCCCCCC.Cc1ccc(F)cn1. The quantitative estimate of drug-likeness (QED) is 0.595. The van der Waals surface area contributed by atoms with Gasteiger partial charge in [-0.25, -0.2) is 4.39 Å². The maximum Gasteiger partial charge on any atom is 0.141 e. The third-order valence-corrected chi connectivity index (χ3v) is 2.33. The van der Waals surface area contributed by atoms with Gasteiger partial charge in [0.2, 0.25) is 0 Å². The van der Waals surface area contributed by atoms with Gasteiger partial charge in [0, 0.05) is 5.69 Å². The van der Waals surface area contributed by atoms with Crippen molar-refractivity contribution in [3.8, 4) is 0 Å². The lowest BCUT2D eigenvalue weighted by molar-refractivity contribution is 0.620. The Hall–Kier alpha value is -0.920. The largest absolute Gasteiger partial charge is 0.259 e. The minimum absolute atomic E-state index is 0.282. The van der Waals surface area contributed by atoms with E-state index in [4.69, 9.17) is 0 Å². The van der Waals surface area contributed by atoms with Crippen molar-refractivity contribution in [1.29, 1.82) is 0 Å². The summed E-state index contributed by atoms with van der Waals surface area (Å²) in [5.74, 6) is -0.282. The fourth-order valence-electron chi connectivity index (χ4n) is 1.30. The standard InChI is InChI=1S/C8H18.C6H6FN.C2H6/c1-3-5-7-8-6-4-2;1-5-2-3-6(7)4-8-5;1-2/h3-8H2,1-2H3;2-4H,1H3;1-2H3. The maximum atomic E-state index is 12.0. The molecule has 0 aliphatic rings. The first-order chi connectivity index (χ1) is 8.70. The summed E-state index contributed by atoms with van der Waals surface area (Å²) in [4.78, 5) is 3.70. The highest BCUT2D eigenvalue weighted by molar-refractivity contribution is 5.02. The van der Waals surface area contributed by atoms with Crippen LogP contribution < -0.4 is 0 Å². The van der Waals surface area contributed by atoms with Crippen LogP contribution in [0.4, 0.5) is 4.39 Å². The molecule has 0 aliphatic heterocycles. The Balaban J connectivity index is 0. The molecular weight excluding hydrogens is 225 g/mol. The summed E-state index contributed by atoms with van der Waals surface area (Å²) in [6.45, 7) is 10.3. The molecule has 0 aliphatic carbocycles. The summed E-state index contributed by atoms with van der Waals surface area (Å²) in [6.07, 6.45) is 9.69. The van der Waals surface area contributed by atoms with E-state index in [1.165, 1.54) is 50.8 Å². The van der Waals surface area contributed by atoms with Gasteiger partial charge in [0.15, 0.2) is 0 Å². The van der Waals surface area contributed by atoms with Crippen molar-refractivity contribution in [2.45, 2.75) is 73.1 Å². The van der Waals surface area contributed by atoms with Crippen LogP contribution >= 0.6 is 0 Å². The van der Waals surface area contributed by atoms with Crippen molar-refractivity contribution < 1.29 is 4.39 Å². The van der Waals surface area contributed by atoms with Crippen LogP contribution in [0.25, 0.3) is 0 Å². The number of hydrogen-bond donors (Lipinski definition) is 0. The topological polar surface area (TPSA) is 12.9 Å². The molecule has 0 aromatic carbocycles. The van der Waals surface area contributed by atoms with Gasteiger partial charge in [0.25, 0.3) is 0 Å². The molecule has 0 spiro atoms. The molecule has 0 bridgehead atoms. The monoisotopic (exact) mass is 255 g/mol. The number of unbranched alkanes of at least 4 members (excludes halogenated alkanes) is 5. The van der Waals surface area contributed by atoms with Gasteiger partial charge in [-0.2, -0.15) is 0 Å². The van der Waals surface area contributed by atoms with Crippen molar-refractivity contribution in [3.05, 3.63) is 29.8 Å². The van der Waals surface area contributed by atoms with Gasteiger partial charge in [-0.15, -0.1) is 0 Å². The lowest BCUT2D eigenvalue weighted by Crippen LogP contribution is -1.79. The van der Waals surface area contributed by atoms with Gasteiger partial charge in [-0.3, -0.25) is 4.98 Å². The van der Waals surface area contributed by atoms with Crippen molar-refractivity contribution in [3.63, 3.8) is 0 Å². The molecule has 1 nitrogen and oxygen atoms in total. The number of pyridine rings is 1. The molecule has 0 radical (unpaired) electrons. The van der Waals surface area contributed by atoms with E-state index in [0.29, 0.717) is 0 Å². The first kappa shape index (κ1) is 19.4. The molecule has 2 heteroatoms. The number of aryl methyl sites for hydroxylation is 1. The summed E-state index contributed by atoms with van der Waals surface area (Å²) in [7, 11) is 0. The fourth-order valence-corrected chi connectivity index (χ4v) is 1.30. The van der Waals surface area contributed by atoms with E-state index in [9.17, 15) is 4.39 Å². The van der Waals surface area contributed by atoms with Crippen molar-refractivity contribution in [2.75, 3.05) is 0 Å². The van der Waals surface area contributed by atoms with Gasteiger partial charge in [0.05, 0.1) is 6.20 Å². The highest BCUT2D eigenvalue weighted by Crippen LogP contribution is 2.03. The van der Waals surface area contributed by atoms with Crippen molar-refractivity contribution in [2.24, 2.45) is 0 Å². The molecule has 0 atom stereocenters. The van der Waals surface area contributed by atoms with E-state index < -0.39 is 0 Å². The second-order valence-corrected chi connectivity index (χ2v) is 4.03. The van der Waals surface area contributed by atoms with Gasteiger partial charge < -0.3 is 0 Å². The van der Waals surface area contributed by atoms with E-state index in [-0.39, 0.29) is 5.82 Å². The van der Waals surface area contributed by atoms with Gasteiger partial charge in [0.1, 0.15) is 5.82 Å². The number of aromatic nitrogens is 1. The second-order valence-electron chi connectivity index (χ2n) is 4.03. The summed E-state index contributed by atoms with van der Waals surface area (Å²) in [5, 5.41) is 0. The predicted molar refractivity (Wildman–Crippen MR) is 79.3 cm³/mol. The minimum atomic E-state index is -0.282. The Morgan fingerprint density at radius 1 is 0.944 bits per heavy atom. The number of halogens is 1. The van der Waals surface area contributed by atoms with Gasteiger partial charge in [-0.05, 0) is 19.1 Å². The van der Waals surface area contributed by atoms with Crippen LogP contribution in [0.1, 0.15) is 71.9 Å². The zero-order chi connectivity index (χ0) is 14.2. The summed E-state index contributed by atoms with van der Waals surface area (Å²) < 4.78 is 12.0. The van der Waals surface area contributed by atoms with E-state index in [1.54, 1.807) is 6.07 Å². The van der Waals surface area contributed by atoms with Crippen LogP contribution in [0.3, 0.4) is 0 Å². The summed E-state index contributed by atoms with van der Waals surface area (Å²) >= 11 is 0. The van der Waals surface area contributed by atoms with Crippen LogP contribution in [0, 0.1) is 12.7 Å². The number of nitrogens with zero attached hydrogens (tertiary/aromatic N) is 1. The molecule has 0 saturated heterocycles. The second kappa shape index (κ2) is 16.1. The molecular formula is C16H30FN. The predicted octanol–water partition coefficient (Wildman–Crippen LogP) is 5.92. The molecule has 0 N–H and O–H groups in total. The maximum absolute atomic E-state index is 12.0. The van der Waals surface area contributed by atoms with Crippen LogP contribution in [0.5, 0.6) is 0 Å². The first-order valence-corrected chi connectivity index (χ1v) is 7.28. The first-order valence-electron chi connectivity index (χ1n) is 7.28. The molecule has 1 heterocycles. The Kier molecular flexibility index (Phi) is 17.3. The Labute approximate surface area is 113 Å². The molecule has 1 aromatic rings. The van der Waals surface area contributed by atoms with Crippen LogP contribution in [0.15, 0.2) is 18.3 Å². The Morgan fingerprint density at radius 2 is 1.44 bits per heavy atom. The summed E-state index contributed by atoms with van der Waals surface area (Å²) in [5.41, 5.74) is 0.839. The smallest absolute Gasteiger partial charge is 0.141 e. The van der Waals surface area contributed by atoms with Crippen molar-refractivity contribution in [1.82, 2.24) is 4.98 Å². The van der Waals surface area contributed by atoms with E-state index in [0.717, 1.165) is 5.69 Å². The van der Waals surface area contributed by atoms with E-state index >= 15 is 0 Å². The average molecular weight is 255 g/mol. The Bertz CT molecular complexity index is 217.